The summed E-state index contributed by atoms with van der Waals surface area (Å²) < 4.78 is 5.65. The van der Waals surface area contributed by atoms with Gasteiger partial charge in [0.2, 0.25) is 0 Å². The Morgan fingerprint density at radius 1 is 1.26 bits per heavy atom. The molecular formula is C16H22N2O. The molecule has 0 bridgehead atoms. The Morgan fingerprint density at radius 2 is 2.11 bits per heavy atom. The van der Waals surface area contributed by atoms with E-state index in [2.05, 4.69) is 35.2 Å². The molecule has 1 heterocycles. The number of anilines is 1. The van der Waals surface area contributed by atoms with E-state index < -0.39 is 0 Å². The zero-order valence-corrected chi connectivity index (χ0v) is 11.4. The number of nitrogens with zero attached hydrogens (tertiary/aromatic N) is 2. The smallest absolute Gasteiger partial charge is 0.0640 e. The van der Waals surface area contributed by atoms with Gasteiger partial charge in [-0.15, -0.1) is 0 Å². The maximum atomic E-state index is 8.76. The molecule has 0 N–H and O–H groups in total. The van der Waals surface area contributed by atoms with Crippen LogP contribution < -0.4 is 4.90 Å². The minimum absolute atomic E-state index is 0.466. The lowest BCUT2D eigenvalue weighted by molar-refractivity contribution is 0.103. The second kappa shape index (κ2) is 7.81. The van der Waals surface area contributed by atoms with Crippen LogP contribution in [0.4, 0.5) is 5.69 Å². The fourth-order valence-electron chi connectivity index (χ4n) is 2.58. The highest BCUT2D eigenvalue weighted by Crippen LogP contribution is 2.19. The molecule has 0 aromatic heterocycles. The molecule has 0 radical (unpaired) electrons. The molecule has 1 aliphatic rings. The molecule has 19 heavy (non-hydrogen) atoms. The normalized spacial score (nSPS) is 18.2. The van der Waals surface area contributed by atoms with Crippen molar-refractivity contribution in [2.45, 2.75) is 38.2 Å². The molecule has 3 nitrogen and oxygen atoms in total. The van der Waals surface area contributed by atoms with Gasteiger partial charge in [-0.1, -0.05) is 18.2 Å². The molecule has 1 unspecified atom stereocenters. The van der Waals surface area contributed by atoms with E-state index in [-0.39, 0.29) is 0 Å². The maximum Gasteiger partial charge on any atom is 0.0640 e. The Morgan fingerprint density at radius 3 is 2.79 bits per heavy atom. The third-order valence-electron chi connectivity index (χ3n) is 3.59. The molecule has 102 valence electrons. The minimum Gasteiger partial charge on any atom is -0.378 e. The molecule has 1 fully saturated rings. The summed E-state index contributed by atoms with van der Waals surface area (Å²) in [5.41, 5.74) is 1.21. The molecule has 0 amide bonds. The highest BCUT2D eigenvalue weighted by atomic mass is 16.5. The van der Waals surface area contributed by atoms with Crippen molar-refractivity contribution in [1.29, 1.82) is 5.26 Å². The number of nitriles is 1. The van der Waals surface area contributed by atoms with Gasteiger partial charge in [0.1, 0.15) is 0 Å². The van der Waals surface area contributed by atoms with Gasteiger partial charge < -0.3 is 9.64 Å². The lowest BCUT2D eigenvalue weighted by Crippen LogP contribution is -2.26. The number of benzene rings is 1. The zero-order chi connectivity index (χ0) is 13.3. The minimum atomic E-state index is 0.466. The molecule has 1 aliphatic heterocycles. The molecule has 1 atom stereocenters. The van der Waals surface area contributed by atoms with E-state index in [1.54, 1.807) is 0 Å². The van der Waals surface area contributed by atoms with E-state index in [0.29, 0.717) is 12.5 Å². The largest absolute Gasteiger partial charge is 0.378 e. The van der Waals surface area contributed by atoms with Gasteiger partial charge in [0, 0.05) is 25.4 Å². The number of ether oxygens (including phenoxy) is 1. The van der Waals surface area contributed by atoms with Crippen LogP contribution in [-0.2, 0) is 4.74 Å². The zero-order valence-electron chi connectivity index (χ0n) is 11.4. The number of rotatable bonds is 7. The molecule has 0 saturated carbocycles. The van der Waals surface area contributed by atoms with Gasteiger partial charge in [-0.3, -0.25) is 0 Å². The fourth-order valence-corrected chi connectivity index (χ4v) is 2.58. The van der Waals surface area contributed by atoms with Crippen LogP contribution in [0.3, 0.4) is 0 Å². The van der Waals surface area contributed by atoms with Crippen molar-refractivity contribution in [2.75, 3.05) is 24.6 Å². The summed E-state index contributed by atoms with van der Waals surface area (Å²) in [6.07, 6.45) is 5.73. The predicted molar refractivity (Wildman–Crippen MR) is 77.1 cm³/mol. The van der Waals surface area contributed by atoms with Crippen LogP contribution in [0.1, 0.15) is 32.1 Å². The third-order valence-corrected chi connectivity index (χ3v) is 3.59. The van der Waals surface area contributed by atoms with Gasteiger partial charge in [-0.2, -0.15) is 5.26 Å². The van der Waals surface area contributed by atoms with Gasteiger partial charge in [-0.05, 0) is 37.8 Å². The molecular weight excluding hydrogens is 236 g/mol. The van der Waals surface area contributed by atoms with Crippen molar-refractivity contribution < 1.29 is 4.74 Å². The molecule has 1 saturated heterocycles. The van der Waals surface area contributed by atoms with Crippen LogP contribution in [0, 0.1) is 11.3 Å². The molecule has 1 aromatic carbocycles. The predicted octanol–water partition coefficient (Wildman–Crippen LogP) is 3.37. The van der Waals surface area contributed by atoms with E-state index >= 15 is 0 Å². The first-order valence-corrected chi connectivity index (χ1v) is 7.18. The average molecular weight is 258 g/mol. The summed E-state index contributed by atoms with van der Waals surface area (Å²) in [7, 11) is 0. The van der Waals surface area contributed by atoms with Crippen molar-refractivity contribution in [2.24, 2.45) is 0 Å². The standard InChI is InChI=1S/C16H22N2O/c17-11-6-13-18(15-7-2-1-3-8-15)12-4-9-16-10-5-14-19-16/h1-3,7-8,16H,4-6,9-10,12-14H2. The van der Waals surface area contributed by atoms with E-state index in [4.69, 9.17) is 10.00 Å². The third kappa shape index (κ3) is 4.57. The van der Waals surface area contributed by atoms with E-state index in [1.165, 1.54) is 18.5 Å². The lowest BCUT2D eigenvalue weighted by Gasteiger charge is -2.24. The van der Waals surface area contributed by atoms with Gasteiger partial charge in [0.05, 0.1) is 18.6 Å². The second-order valence-corrected chi connectivity index (χ2v) is 5.01. The van der Waals surface area contributed by atoms with Gasteiger partial charge in [0.25, 0.3) is 0 Å². The van der Waals surface area contributed by atoms with Crippen LogP contribution in [0.5, 0.6) is 0 Å². The highest BCUT2D eigenvalue weighted by Gasteiger charge is 2.15. The maximum absolute atomic E-state index is 8.76. The van der Waals surface area contributed by atoms with E-state index in [9.17, 15) is 0 Å². The topological polar surface area (TPSA) is 36.3 Å². The molecule has 3 heteroatoms. The Hall–Kier alpha value is -1.53. The first-order chi connectivity index (χ1) is 9.40. The molecule has 0 spiro atoms. The Bertz CT molecular complexity index is 393. The SMILES string of the molecule is N#CCCN(CCCC1CCCO1)c1ccccc1. The number of para-hydroxylation sites is 1. The summed E-state index contributed by atoms with van der Waals surface area (Å²) in [6, 6.07) is 12.6. The molecule has 0 aliphatic carbocycles. The number of hydrogen-bond donors (Lipinski definition) is 0. The lowest BCUT2D eigenvalue weighted by atomic mass is 10.1. The van der Waals surface area contributed by atoms with Crippen molar-refractivity contribution in [1.82, 2.24) is 0 Å². The summed E-state index contributed by atoms with van der Waals surface area (Å²) >= 11 is 0. The number of hydrogen-bond acceptors (Lipinski definition) is 3. The molecule has 2 rings (SSSR count). The van der Waals surface area contributed by atoms with E-state index in [0.717, 1.165) is 32.5 Å². The Kier molecular flexibility index (Phi) is 5.71. The Balaban J connectivity index is 1.81. The van der Waals surface area contributed by atoms with Gasteiger partial charge >= 0.3 is 0 Å². The van der Waals surface area contributed by atoms with Crippen LogP contribution >= 0.6 is 0 Å². The summed E-state index contributed by atoms with van der Waals surface area (Å²) in [4.78, 5) is 2.30. The van der Waals surface area contributed by atoms with Crippen LogP contribution in [-0.4, -0.2) is 25.8 Å². The first kappa shape index (κ1) is 13.9. The average Bonchev–Trinajstić information content (AvgIpc) is 2.97. The summed E-state index contributed by atoms with van der Waals surface area (Å²) in [5, 5.41) is 8.76. The second-order valence-electron chi connectivity index (χ2n) is 5.01. The van der Waals surface area contributed by atoms with Crippen LogP contribution in [0.2, 0.25) is 0 Å². The van der Waals surface area contributed by atoms with Crippen LogP contribution in [0.25, 0.3) is 0 Å². The monoisotopic (exact) mass is 258 g/mol. The van der Waals surface area contributed by atoms with Gasteiger partial charge in [-0.25, -0.2) is 0 Å². The quantitative estimate of drug-likeness (QED) is 0.752. The van der Waals surface area contributed by atoms with Gasteiger partial charge in [0.15, 0.2) is 0 Å². The summed E-state index contributed by atoms with van der Waals surface area (Å²) in [6.45, 7) is 2.75. The van der Waals surface area contributed by atoms with Crippen LogP contribution in [0.15, 0.2) is 30.3 Å². The van der Waals surface area contributed by atoms with Crippen molar-refractivity contribution >= 4 is 5.69 Å². The molecule has 1 aromatic rings. The van der Waals surface area contributed by atoms with Crippen molar-refractivity contribution in [3.05, 3.63) is 30.3 Å². The highest BCUT2D eigenvalue weighted by molar-refractivity contribution is 5.45. The van der Waals surface area contributed by atoms with Crippen molar-refractivity contribution in [3.63, 3.8) is 0 Å². The fraction of sp³-hybridized carbons (Fsp3) is 0.562. The summed E-state index contributed by atoms with van der Waals surface area (Å²) in [5.74, 6) is 0. The first-order valence-electron chi connectivity index (χ1n) is 7.18. The Labute approximate surface area is 115 Å². The van der Waals surface area contributed by atoms with E-state index in [1.807, 2.05) is 6.07 Å². The van der Waals surface area contributed by atoms with Crippen molar-refractivity contribution in [3.8, 4) is 6.07 Å².